The topological polar surface area (TPSA) is 95.6 Å². The zero-order valence-electron chi connectivity index (χ0n) is 17.7. The number of hydrogen-bond acceptors (Lipinski definition) is 5. The van der Waals surface area contributed by atoms with Crippen LogP contribution in [0.2, 0.25) is 10.0 Å². The summed E-state index contributed by atoms with van der Waals surface area (Å²) in [4.78, 5) is 26.6. The van der Waals surface area contributed by atoms with Gasteiger partial charge in [0, 0.05) is 17.0 Å². The normalized spacial score (nSPS) is 10.8. The lowest BCUT2D eigenvalue weighted by atomic mass is 10.1. The van der Waals surface area contributed by atoms with Gasteiger partial charge in [0.1, 0.15) is 17.3 Å². The molecule has 1 heterocycles. The number of halogens is 2. The van der Waals surface area contributed by atoms with Gasteiger partial charge in [-0.25, -0.2) is 0 Å². The number of nitrogen functional groups attached to an aromatic ring is 1. The van der Waals surface area contributed by atoms with Crippen molar-refractivity contribution in [3.05, 3.63) is 81.8 Å². The van der Waals surface area contributed by atoms with Crippen molar-refractivity contribution in [2.45, 2.75) is 0 Å². The molecule has 0 aliphatic heterocycles. The fraction of sp³-hybridized carbons (Fsp3) is 0.0833. The Kier molecular flexibility index (Phi) is 6.18. The second-order valence-corrected chi connectivity index (χ2v) is 7.88. The van der Waals surface area contributed by atoms with Gasteiger partial charge in [-0.05, 0) is 36.4 Å². The SMILES string of the molecule is COc1ccc(NC(=O)c2c(N)n(C(=O)c3ccc(Cl)c(Cl)c3)c3ccccc23)c(OC)c1. The van der Waals surface area contributed by atoms with Crippen molar-refractivity contribution in [1.29, 1.82) is 0 Å². The first kappa shape index (κ1) is 22.5. The lowest BCUT2D eigenvalue weighted by molar-refractivity contribution is 0.0967. The monoisotopic (exact) mass is 483 g/mol. The Morgan fingerprint density at radius 2 is 1.70 bits per heavy atom. The maximum absolute atomic E-state index is 13.3. The molecular formula is C24H19Cl2N3O4. The highest BCUT2D eigenvalue weighted by atomic mass is 35.5. The Hall–Kier alpha value is -3.68. The molecule has 7 nitrogen and oxygen atoms in total. The van der Waals surface area contributed by atoms with Crippen molar-refractivity contribution >= 4 is 57.4 Å². The van der Waals surface area contributed by atoms with Crippen LogP contribution in [0, 0.1) is 0 Å². The molecule has 168 valence electrons. The summed E-state index contributed by atoms with van der Waals surface area (Å²) in [6, 6.07) is 16.5. The van der Waals surface area contributed by atoms with Crippen molar-refractivity contribution in [3.8, 4) is 11.5 Å². The summed E-state index contributed by atoms with van der Waals surface area (Å²) >= 11 is 12.1. The Morgan fingerprint density at radius 1 is 0.939 bits per heavy atom. The number of methoxy groups -OCH3 is 2. The largest absolute Gasteiger partial charge is 0.497 e. The molecule has 33 heavy (non-hydrogen) atoms. The molecule has 0 saturated heterocycles. The number of ether oxygens (including phenoxy) is 2. The number of nitrogens with one attached hydrogen (secondary N) is 1. The molecule has 0 bridgehead atoms. The number of benzene rings is 3. The highest BCUT2D eigenvalue weighted by Crippen LogP contribution is 2.33. The fourth-order valence-corrected chi connectivity index (χ4v) is 3.86. The maximum Gasteiger partial charge on any atom is 0.264 e. The summed E-state index contributed by atoms with van der Waals surface area (Å²) < 4.78 is 11.8. The molecule has 1 amide bonds. The van der Waals surface area contributed by atoms with E-state index in [1.54, 1.807) is 48.5 Å². The predicted octanol–water partition coefficient (Wildman–Crippen LogP) is 5.49. The number of aromatic nitrogens is 1. The van der Waals surface area contributed by atoms with Crippen LogP contribution in [0.25, 0.3) is 10.9 Å². The first-order valence-electron chi connectivity index (χ1n) is 9.77. The average Bonchev–Trinajstić information content (AvgIpc) is 3.12. The minimum absolute atomic E-state index is 0.00255. The van der Waals surface area contributed by atoms with Crippen LogP contribution >= 0.6 is 23.2 Å². The van der Waals surface area contributed by atoms with Crippen LogP contribution < -0.4 is 20.5 Å². The number of anilines is 2. The van der Waals surface area contributed by atoms with Crippen molar-refractivity contribution in [2.24, 2.45) is 0 Å². The minimum Gasteiger partial charge on any atom is -0.497 e. The Labute approximate surface area is 199 Å². The van der Waals surface area contributed by atoms with E-state index < -0.39 is 11.8 Å². The van der Waals surface area contributed by atoms with E-state index in [9.17, 15) is 9.59 Å². The van der Waals surface area contributed by atoms with Crippen LogP contribution in [0.15, 0.2) is 60.7 Å². The minimum atomic E-state index is -0.493. The van der Waals surface area contributed by atoms with Crippen LogP contribution in [0.3, 0.4) is 0 Å². The van der Waals surface area contributed by atoms with Crippen LogP contribution in [-0.4, -0.2) is 30.6 Å². The third-order valence-corrected chi connectivity index (χ3v) is 5.90. The van der Waals surface area contributed by atoms with E-state index in [4.69, 9.17) is 38.4 Å². The Morgan fingerprint density at radius 3 is 2.39 bits per heavy atom. The van der Waals surface area contributed by atoms with Gasteiger partial charge >= 0.3 is 0 Å². The smallest absolute Gasteiger partial charge is 0.264 e. The lowest BCUT2D eigenvalue weighted by Gasteiger charge is -2.12. The summed E-state index contributed by atoms with van der Waals surface area (Å²) in [7, 11) is 3.02. The molecule has 4 aromatic rings. The van der Waals surface area contributed by atoms with E-state index >= 15 is 0 Å². The van der Waals surface area contributed by atoms with Crippen molar-refractivity contribution in [2.75, 3.05) is 25.3 Å². The van der Waals surface area contributed by atoms with Crippen LogP contribution in [0.4, 0.5) is 11.5 Å². The molecule has 1 aromatic heterocycles. The van der Waals surface area contributed by atoms with E-state index in [0.717, 1.165) is 0 Å². The summed E-state index contributed by atoms with van der Waals surface area (Å²) in [6.45, 7) is 0. The summed E-state index contributed by atoms with van der Waals surface area (Å²) in [5.41, 5.74) is 7.72. The molecule has 0 aliphatic carbocycles. The van der Waals surface area contributed by atoms with Gasteiger partial charge in [0.25, 0.3) is 11.8 Å². The second-order valence-electron chi connectivity index (χ2n) is 7.07. The molecule has 0 aliphatic rings. The summed E-state index contributed by atoms with van der Waals surface area (Å²) in [6.07, 6.45) is 0. The fourth-order valence-electron chi connectivity index (χ4n) is 3.56. The predicted molar refractivity (Wildman–Crippen MR) is 130 cm³/mol. The van der Waals surface area contributed by atoms with Gasteiger partial charge in [-0.15, -0.1) is 0 Å². The molecule has 3 aromatic carbocycles. The van der Waals surface area contributed by atoms with Gasteiger partial charge in [0.05, 0.1) is 41.0 Å². The number of rotatable bonds is 5. The molecule has 0 saturated carbocycles. The molecule has 4 rings (SSSR count). The van der Waals surface area contributed by atoms with Crippen LogP contribution in [-0.2, 0) is 0 Å². The number of carbonyl (C=O) groups excluding carboxylic acids is 2. The van der Waals surface area contributed by atoms with Gasteiger partial charge in [0.2, 0.25) is 0 Å². The number of fused-ring (bicyclic) bond motifs is 1. The lowest BCUT2D eigenvalue weighted by Crippen LogP contribution is -2.18. The van der Waals surface area contributed by atoms with Crippen molar-refractivity contribution in [3.63, 3.8) is 0 Å². The number of nitrogens with two attached hydrogens (primary N) is 1. The van der Waals surface area contributed by atoms with Gasteiger partial charge < -0.3 is 20.5 Å². The van der Waals surface area contributed by atoms with Crippen molar-refractivity contribution in [1.82, 2.24) is 4.57 Å². The van der Waals surface area contributed by atoms with E-state index in [0.29, 0.717) is 33.1 Å². The zero-order chi connectivity index (χ0) is 23.7. The third-order valence-electron chi connectivity index (χ3n) is 5.16. The number of para-hydroxylation sites is 1. The number of hydrogen-bond donors (Lipinski definition) is 2. The molecule has 0 fully saturated rings. The molecular weight excluding hydrogens is 465 g/mol. The Bertz CT molecular complexity index is 1400. The third kappa shape index (κ3) is 4.08. The van der Waals surface area contributed by atoms with Crippen LogP contribution in [0.1, 0.15) is 20.7 Å². The van der Waals surface area contributed by atoms with Crippen molar-refractivity contribution < 1.29 is 19.1 Å². The van der Waals surface area contributed by atoms with Gasteiger partial charge in [0.15, 0.2) is 0 Å². The van der Waals surface area contributed by atoms with E-state index in [1.165, 1.54) is 30.9 Å². The quantitative estimate of drug-likeness (QED) is 0.391. The standard InChI is InChI=1S/C24H19Cl2N3O4/c1-32-14-8-10-18(20(12-14)33-2)28-23(30)21-15-5-3-4-6-19(15)29(22(21)27)24(31)13-7-9-16(25)17(26)11-13/h3-12H,27H2,1-2H3,(H,28,30). The number of carbonyl (C=O) groups is 2. The highest BCUT2D eigenvalue weighted by molar-refractivity contribution is 6.42. The molecule has 0 unspecified atom stereocenters. The molecule has 0 radical (unpaired) electrons. The van der Waals surface area contributed by atoms with Gasteiger partial charge in [-0.2, -0.15) is 0 Å². The molecule has 0 atom stereocenters. The van der Waals surface area contributed by atoms with E-state index in [1.807, 2.05) is 0 Å². The molecule has 9 heteroatoms. The average molecular weight is 484 g/mol. The summed E-state index contributed by atoms with van der Waals surface area (Å²) in [5, 5.41) is 3.89. The first-order valence-corrected chi connectivity index (χ1v) is 10.5. The number of nitrogens with zero attached hydrogens (tertiary/aromatic N) is 1. The van der Waals surface area contributed by atoms with E-state index in [2.05, 4.69) is 5.32 Å². The molecule has 3 N–H and O–H groups in total. The molecule has 0 spiro atoms. The van der Waals surface area contributed by atoms with Crippen LogP contribution in [0.5, 0.6) is 11.5 Å². The number of amides is 1. The van der Waals surface area contributed by atoms with Gasteiger partial charge in [-0.3, -0.25) is 14.2 Å². The zero-order valence-corrected chi connectivity index (χ0v) is 19.2. The highest BCUT2D eigenvalue weighted by Gasteiger charge is 2.25. The first-order chi connectivity index (χ1) is 15.8. The second kappa shape index (κ2) is 9.05. The summed E-state index contributed by atoms with van der Waals surface area (Å²) in [5.74, 6) is 0.0542. The Balaban J connectivity index is 1.80. The maximum atomic E-state index is 13.3. The van der Waals surface area contributed by atoms with Gasteiger partial charge in [-0.1, -0.05) is 41.4 Å². The van der Waals surface area contributed by atoms with E-state index in [-0.39, 0.29) is 22.0 Å².